The number of benzene rings is 5. The van der Waals surface area contributed by atoms with Crippen molar-refractivity contribution in [3.8, 4) is 28.0 Å². The summed E-state index contributed by atoms with van der Waals surface area (Å²) in [5.74, 6) is 0.161. The molecule has 0 atom stereocenters. The highest BCUT2D eigenvalue weighted by atomic mass is 19.4. The maximum Gasteiger partial charge on any atom is 0.416 e. The number of hydrogen-bond donors (Lipinski definition) is 0. The van der Waals surface area contributed by atoms with Crippen LogP contribution in [0, 0.1) is 5.82 Å². The third-order valence-corrected chi connectivity index (χ3v) is 24.5. The topological polar surface area (TPSA) is 163 Å². The highest BCUT2D eigenvalue weighted by Gasteiger charge is 2.51. The SMILES string of the molecule is CCOC(=O)N1CCC(N2CCC3(CC2)CN(C(C)=O)c2c(-c4ccc(C(F)(F)F)cc4)cccc23)CC1.CCOC(=O)N1CCC(N2CCC3(CC2)CN(C(C)=O)c2ccc(-c4cccc(OC)c4)cc23)CC1.CN(C)C(=O)N1CC2(CCN(C3CCN(C(=O)CCC(F)(F)F)CC3)CC2)c2cc(F)ccc21. The van der Waals surface area contributed by atoms with E-state index in [9.17, 15) is 59.5 Å². The normalized spacial score (nSPS) is 20.3. The third-order valence-electron chi connectivity index (χ3n) is 24.5. The van der Waals surface area contributed by atoms with Crippen molar-refractivity contribution in [2.75, 3.05) is 147 Å². The summed E-state index contributed by atoms with van der Waals surface area (Å²) in [5, 5.41) is 0. The van der Waals surface area contributed by atoms with E-state index in [-0.39, 0.29) is 58.1 Å². The number of halogens is 7. The van der Waals surface area contributed by atoms with Gasteiger partial charge in [-0.15, -0.1) is 0 Å². The Hall–Kier alpha value is -8.49. The molecular weight excluding hydrogens is 1400 g/mol. The summed E-state index contributed by atoms with van der Waals surface area (Å²) in [7, 11) is 5.11. The lowest BCUT2D eigenvalue weighted by atomic mass is 9.73. The van der Waals surface area contributed by atoms with Gasteiger partial charge in [0.2, 0.25) is 17.7 Å². The molecule has 3 spiro atoms. The van der Waals surface area contributed by atoms with Crippen LogP contribution in [0.4, 0.5) is 62.2 Å². The summed E-state index contributed by atoms with van der Waals surface area (Å²) in [6, 6.07) is 31.6. The van der Waals surface area contributed by atoms with Gasteiger partial charge in [-0.25, -0.2) is 18.8 Å². The van der Waals surface area contributed by atoms with Crippen molar-refractivity contribution in [3.63, 3.8) is 0 Å². The van der Waals surface area contributed by atoms with Crippen molar-refractivity contribution >= 4 is 53.0 Å². The van der Waals surface area contributed by atoms with Crippen LogP contribution in [0.2, 0.25) is 0 Å². The average molecular weight is 1510 g/mol. The predicted molar refractivity (Wildman–Crippen MR) is 400 cm³/mol. The van der Waals surface area contributed by atoms with E-state index in [1.165, 1.54) is 28.7 Å². The van der Waals surface area contributed by atoms with Gasteiger partial charge in [0.1, 0.15) is 11.6 Å². The van der Waals surface area contributed by atoms with E-state index in [2.05, 4.69) is 51.1 Å². The monoisotopic (exact) mass is 1500 g/mol. The Balaban J connectivity index is 0.000000152. The van der Waals surface area contributed by atoms with E-state index in [1.54, 1.807) is 61.9 Å². The largest absolute Gasteiger partial charge is 0.497 e. The van der Waals surface area contributed by atoms with E-state index in [1.807, 2.05) is 52.8 Å². The summed E-state index contributed by atoms with van der Waals surface area (Å²) in [5.41, 5.74) is 8.56. The highest BCUT2D eigenvalue weighted by Crippen LogP contribution is 2.53. The zero-order valence-corrected chi connectivity index (χ0v) is 63.3. The summed E-state index contributed by atoms with van der Waals surface area (Å²) in [6.45, 7) is 18.9. The third kappa shape index (κ3) is 17.1. The first-order valence-electron chi connectivity index (χ1n) is 38.4. The van der Waals surface area contributed by atoms with Crippen LogP contribution >= 0.6 is 0 Å². The number of rotatable bonds is 10. The molecule has 5 aromatic rings. The molecule has 7 amide bonds. The first-order valence-corrected chi connectivity index (χ1v) is 38.4. The molecule has 0 aromatic heterocycles. The number of piperidine rings is 6. The number of anilines is 3. The van der Waals surface area contributed by atoms with Crippen LogP contribution in [0.5, 0.6) is 5.75 Å². The Morgan fingerprint density at radius 3 is 1.40 bits per heavy atom. The molecule has 9 aliphatic heterocycles. The lowest BCUT2D eigenvalue weighted by molar-refractivity contribution is -0.150. The Bertz CT molecular complexity index is 4030. The highest BCUT2D eigenvalue weighted by molar-refractivity contribution is 6.00. The fraction of sp³-hybridized carbons (Fsp3) is 0.561. The average Bonchev–Trinajstić information content (AvgIpc) is 1.59. The number of carbonyl (C=O) groups excluding carboxylic acids is 6. The number of nitrogens with zero attached hydrogens (tertiary/aromatic N) is 10. The quantitative estimate of drug-likeness (QED) is 0.122. The maximum atomic E-state index is 14.2. The van der Waals surface area contributed by atoms with Gasteiger partial charge in [0.05, 0.1) is 38.0 Å². The number of hydrogen-bond acceptors (Lipinski definition) is 12. The first kappa shape index (κ1) is 79.1. The number of alkyl halides is 6. The minimum atomic E-state index is -4.39. The Kier molecular flexibility index (Phi) is 24.2. The molecule has 0 saturated carbocycles. The molecule has 0 radical (unpaired) electrons. The molecule has 9 aliphatic rings. The van der Waals surface area contributed by atoms with Gasteiger partial charge < -0.3 is 58.3 Å². The van der Waals surface area contributed by atoms with Gasteiger partial charge >= 0.3 is 30.6 Å². The van der Waals surface area contributed by atoms with Crippen molar-refractivity contribution in [3.05, 3.63) is 131 Å². The van der Waals surface area contributed by atoms with Crippen molar-refractivity contribution in [2.24, 2.45) is 0 Å². The second-order valence-electron chi connectivity index (χ2n) is 30.9. The number of methoxy groups -OCH3 is 1. The fourth-order valence-electron chi connectivity index (χ4n) is 18.4. The second kappa shape index (κ2) is 33.0. The molecule has 0 aliphatic carbocycles. The predicted octanol–water partition coefficient (Wildman–Crippen LogP) is 14.4. The summed E-state index contributed by atoms with van der Waals surface area (Å²) in [4.78, 5) is 94.1. The number of fused-ring (bicyclic) bond motifs is 6. The molecule has 0 N–H and O–H groups in total. The molecule has 0 unspecified atom stereocenters. The molecule has 19 nitrogen and oxygen atoms in total. The van der Waals surface area contributed by atoms with Crippen LogP contribution < -0.4 is 19.4 Å². The number of para-hydroxylation sites is 1. The zero-order valence-electron chi connectivity index (χ0n) is 63.3. The van der Waals surface area contributed by atoms with Gasteiger partial charge in [0.25, 0.3) is 0 Å². The molecule has 6 fully saturated rings. The van der Waals surface area contributed by atoms with E-state index >= 15 is 0 Å². The van der Waals surface area contributed by atoms with Gasteiger partial charge in [-0.3, -0.25) is 19.3 Å². The van der Waals surface area contributed by atoms with Crippen LogP contribution in [0.3, 0.4) is 0 Å². The number of amides is 7. The molecule has 14 rings (SSSR count). The van der Waals surface area contributed by atoms with Crippen molar-refractivity contribution in [1.29, 1.82) is 0 Å². The van der Waals surface area contributed by atoms with E-state index in [0.29, 0.717) is 70.1 Å². The minimum Gasteiger partial charge on any atom is -0.497 e. The molecular formula is C82H103F7N10O9. The van der Waals surface area contributed by atoms with Gasteiger partial charge in [-0.2, -0.15) is 26.3 Å². The van der Waals surface area contributed by atoms with Crippen LogP contribution in [0.25, 0.3) is 22.3 Å². The van der Waals surface area contributed by atoms with E-state index < -0.39 is 36.7 Å². The van der Waals surface area contributed by atoms with Crippen LogP contribution in [0.15, 0.2) is 103 Å². The number of likely N-dealkylation sites (tertiary alicyclic amines) is 6. The number of urea groups is 1. The van der Waals surface area contributed by atoms with Gasteiger partial charge in [0, 0.05) is 145 Å². The summed E-state index contributed by atoms with van der Waals surface area (Å²) in [6.07, 6.45) is 0.0507. The molecule has 6 saturated heterocycles. The molecule has 584 valence electrons. The van der Waals surface area contributed by atoms with Gasteiger partial charge in [0.15, 0.2) is 0 Å². The number of carbonyl (C=O) groups is 6. The zero-order chi connectivity index (χ0) is 77.0. The second-order valence-corrected chi connectivity index (χ2v) is 30.9. The molecule has 0 bridgehead atoms. The van der Waals surface area contributed by atoms with Gasteiger partial charge in [-0.1, -0.05) is 48.5 Å². The molecule has 26 heteroatoms. The van der Waals surface area contributed by atoms with Crippen molar-refractivity contribution in [1.82, 2.24) is 34.3 Å². The first-order chi connectivity index (χ1) is 51.6. The Morgan fingerprint density at radius 1 is 0.491 bits per heavy atom. The Morgan fingerprint density at radius 2 is 0.926 bits per heavy atom. The van der Waals surface area contributed by atoms with Crippen LogP contribution in [-0.2, 0) is 46.3 Å². The maximum absolute atomic E-state index is 14.2. The summed E-state index contributed by atoms with van der Waals surface area (Å²) >= 11 is 0. The summed E-state index contributed by atoms with van der Waals surface area (Å²) < 4.78 is 107. The van der Waals surface area contributed by atoms with Crippen LogP contribution in [0.1, 0.15) is 140 Å². The molecule has 9 heterocycles. The van der Waals surface area contributed by atoms with Crippen LogP contribution in [-0.4, -0.2) is 227 Å². The Labute approximate surface area is 629 Å². The lowest BCUT2D eigenvalue weighted by Gasteiger charge is -2.45. The smallest absolute Gasteiger partial charge is 0.416 e. The van der Waals surface area contributed by atoms with E-state index in [4.69, 9.17) is 14.2 Å². The molecule has 108 heavy (non-hydrogen) atoms. The number of ether oxygens (including phenoxy) is 3. The van der Waals surface area contributed by atoms with Gasteiger partial charge in [-0.05, 0) is 218 Å². The molecule has 5 aromatic carbocycles. The van der Waals surface area contributed by atoms with E-state index in [0.717, 1.165) is 199 Å². The van der Waals surface area contributed by atoms with Crippen molar-refractivity contribution < 1.29 is 73.7 Å². The minimum absolute atomic E-state index is 0.0159. The van der Waals surface area contributed by atoms with Crippen molar-refractivity contribution in [2.45, 2.75) is 164 Å². The fourth-order valence-corrected chi connectivity index (χ4v) is 18.4. The lowest BCUT2D eigenvalue weighted by Crippen LogP contribution is -2.52. The standard InChI is InChI=1S/C29H34F3N3O3.C29H37N3O4.C24H32F4N4O2/c1-3-38-27(37)34-15-11-23(12-16-34)33-17-13-28(14-18-33)19-35(20(2)36)26-24(5-4-6-25(26)28)21-7-9-22(10-8-21)29(30,31)32;1-4-36-28(34)31-14-10-24(11-15-31)30-16-12-29(13-17-30)20-32(21(2)33)27-9-8-23(19-26(27)29)22-6-5-7-25(18-22)35-3;1-29(2)22(34)32-16-23(19-15-17(25)3-4-20(19)32)9-13-30(14-10-23)18-6-11-31(12-7-18)21(33)5-8-24(26,27)28/h4-10,23H,3,11-19H2,1-2H3;5-9,18-19,24H,4,10-17,20H2,1-3H3;3-4,15,18H,5-14,16H2,1-2H3.